The number of fused-ring (bicyclic) bond motifs is 5. The summed E-state index contributed by atoms with van der Waals surface area (Å²) in [5.41, 5.74) is -1.38. The lowest BCUT2D eigenvalue weighted by Gasteiger charge is -2.35. The molecule has 4 aliphatic rings. The number of phenolic OH excluding ortho intramolecular Hbond substituents is 1. The number of aromatic amines is 1. The van der Waals surface area contributed by atoms with Gasteiger partial charge in [-0.05, 0) is 49.7 Å². The van der Waals surface area contributed by atoms with Gasteiger partial charge in [-0.15, -0.1) is 6.42 Å². The lowest BCUT2D eigenvalue weighted by molar-refractivity contribution is 0.111. The fourth-order valence-electron chi connectivity index (χ4n) is 8.06. The van der Waals surface area contributed by atoms with Gasteiger partial charge in [0.2, 0.25) is 5.88 Å². The van der Waals surface area contributed by atoms with E-state index in [0.29, 0.717) is 37.1 Å². The average molecular weight is 615 g/mol. The molecule has 0 saturated carbocycles. The molecule has 10 nitrogen and oxygen atoms in total. The number of benzene rings is 2. The van der Waals surface area contributed by atoms with Gasteiger partial charge in [-0.1, -0.05) is 12.0 Å². The van der Waals surface area contributed by atoms with Crippen molar-refractivity contribution in [3.05, 3.63) is 62.6 Å². The number of H-pyrrole nitrogens is 1. The predicted octanol–water partition coefficient (Wildman–Crippen LogP) is 2.95. The minimum absolute atomic E-state index is 0.0568. The normalized spacial score (nSPS) is 26.1. The van der Waals surface area contributed by atoms with Crippen molar-refractivity contribution < 1.29 is 18.6 Å². The molecule has 4 aliphatic heterocycles. The van der Waals surface area contributed by atoms with Gasteiger partial charge in [-0.2, -0.15) is 0 Å². The quantitative estimate of drug-likeness (QED) is 0.294. The van der Waals surface area contributed by atoms with E-state index in [1.807, 2.05) is 0 Å². The summed E-state index contributed by atoms with van der Waals surface area (Å²) >= 11 is 0. The Balaban J connectivity index is 1.31. The van der Waals surface area contributed by atoms with E-state index in [9.17, 15) is 23.5 Å². The van der Waals surface area contributed by atoms with E-state index in [2.05, 4.69) is 31.0 Å². The van der Waals surface area contributed by atoms with Crippen LogP contribution in [0.25, 0.3) is 27.5 Å². The SMILES string of the molecule is C#Cc1c(F)ccc2cc(O)cc(-n3c(=O)[nH]c4c(N5CC6CCC(C5)N6)cc(OC[C@@]56CCCN5C[C@H](F)C6)nc4c3=O)c12. The maximum atomic E-state index is 14.8. The third-order valence-corrected chi connectivity index (χ3v) is 10.0. The molecule has 0 amide bonds. The molecular weight excluding hydrogens is 582 g/mol. The summed E-state index contributed by atoms with van der Waals surface area (Å²) in [4.78, 5) is 39.8. The molecule has 2 aromatic carbocycles. The molecule has 4 aromatic rings. The zero-order chi connectivity index (χ0) is 31.0. The minimum atomic E-state index is -0.919. The maximum absolute atomic E-state index is 14.8. The minimum Gasteiger partial charge on any atom is -0.508 e. The van der Waals surface area contributed by atoms with Crippen LogP contribution in [0.2, 0.25) is 0 Å². The number of halogens is 2. The topological polar surface area (TPSA) is 116 Å². The number of ether oxygens (including phenoxy) is 1. The van der Waals surface area contributed by atoms with Gasteiger partial charge in [0.1, 0.15) is 24.3 Å². The van der Waals surface area contributed by atoms with Crippen LogP contribution in [0.3, 0.4) is 0 Å². The highest BCUT2D eigenvalue weighted by atomic mass is 19.1. The molecule has 2 unspecified atom stereocenters. The van der Waals surface area contributed by atoms with E-state index in [4.69, 9.17) is 11.2 Å². The number of nitrogens with zero attached hydrogens (tertiary/aromatic N) is 4. The van der Waals surface area contributed by atoms with E-state index in [0.717, 1.165) is 36.8 Å². The molecule has 4 saturated heterocycles. The van der Waals surface area contributed by atoms with Crippen molar-refractivity contribution in [3.8, 4) is 29.7 Å². The summed E-state index contributed by atoms with van der Waals surface area (Å²) in [6.45, 7) is 2.76. The van der Waals surface area contributed by atoms with Crippen LogP contribution >= 0.6 is 0 Å². The van der Waals surface area contributed by atoms with E-state index >= 15 is 0 Å². The van der Waals surface area contributed by atoms with Crippen LogP contribution in [0.15, 0.2) is 39.9 Å². The van der Waals surface area contributed by atoms with E-state index in [1.54, 1.807) is 6.07 Å². The molecule has 12 heteroatoms. The third-order valence-electron chi connectivity index (χ3n) is 10.0. The van der Waals surface area contributed by atoms with Crippen LogP contribution in [-0.2, 0) is 0 Å². The van der Waals surface area contributed by atoms with Gasteiger partial charge in [0.05, 0.1) is 28.0 Å². The van der Waals surface area contributed by atoms with Crippen LogP contribution in [0.1, 0.15) is 37.7 Å². The largest absolute Gasteiger partial charge is 0.508 e. The van der Waals surface area contributed by atoms with Gasteiger partial charge >= 0.3 is 5.69 Å². The number of rotatable bonds is 5. The second kappa shape index (κ2) is 10.3. The Kier molecular flexibility index (Phi) is 6.41. The lowest BCUT2D eigenvalue weighted by atomic mass is 9.95. The van der Waals surface area contributed by atoms with Crippen molar-refractivity contribution in [1.29, 1.82) is 0 Å². The first kappa shape index (κ1) is 28.0. The number of nitrogens with one attached hydrogen (secondary N) is 2. The van der Waals surface area contributed by atoms with E-state index < -0.39 is 28.8 Å². The Morgan fingerprint density at radius 3 is 2.71 bits per heavy atom. The standard InChI is InChI=1S/C33H32F2N6O4/c1-2-23-24(35)7-4-18-10-22(42)11-25(28(18)23)41-31(43)30-29(38-32(41)44)26(39-15-20-5-6-21(16-39)36-20)12-27(37-30)45-17-33-8-3-9-40(33)14-19(34)13-33/h1,4,7,10-12,19-21,36,42H,3,5-6,8-9,13-17H2,(H,38,44)/t19-,20?,21?,33+/m1/s1. The first-order valence-electron chi connectivity index (χ1n) is 15.4. The van der Waals surface area contributed by atoms with Crippen molar-refractivity contribution in [1.82, 2.24) is 24.8 Å². The summed E-state index contributed by atoms with van der Waals surface area (Å²) in [7, 11) is 0. The molecule has 8 rings (SSSR count). The fraction of sp³-hybridized carbons (Fsp3) is 0.424. The van der Waals surface area contributed by atoms with Gasteiger partial charge in [-0.25, -0.2) is 23.1 Å². The Morgan fingerprint density at radius 1 is 1.13 bits per heavy atom. The molecule has 4 atom stereocenters. The highest BCUT2D eigenvalue weighted by molar-refractivity contribution is 5.97. The van der Waals surface area contributed by atoms with Gasteiger partial charge < -0.3 is 25.0 Å². The van der Waals surface area contributed by atoms with Gasteiger partial charge in [0.15, 0.2) is 5.52 Å². The number of hydrogen-bond acceptors (Lipinski definition) is 8. The van der Waals surface area contributed by atoms with Gasteiger partial charge in [-0.3, -0.25) is 9.69 Å². The van der Waals surface area contributed by atoms with Crippen molar-refractivity contribution in [3.63, 3.8) is 0 Å². The first-order valence-corrected chi connectivity index (χ1v) is 15.4. The molecule has 2 aromatic heterocycles. The van der Waals surface area contributed by atoms with Crippen molar-refractivity contribution >= 4 is 27.5 Å². The predicted molar refractivity (Wildman–Crippen MR) is 166 cm³/mol. The fourth-order valence-corrected chi connectivity index (χ4v) is 8.06. The molecule has 4 fully saturated rings. The number of piperazine rings is 1. The summed E-state index contributed by atoms with van der Waals surface area (Å²) in [6, 6.07) is 7.48. The summed E-state index contributed by atoms with van der Waals surface area (Å²) in [5, 5.41) is 14.6. The molecule has 45 heavy (non-hydrogen) atoms. The van der Waals surface area contributed by atoms with Crippen LogP contribution < -0.4 is 26.2 Å². The zero-order valence-corrected chi connectivity index (χ0v) is 24.5. The number of aromatic nitrogens is 3. The smallest absolute Gasteiger partial charge is 0.333 e. The van der Waals surface area contributed by atoms with Crippen molar-refractivity contribution in [2.75, 3.05) is 37.7 Å². The highest BCUT2D eigenvalue weighted by Crippen LogP contribution is 2.41. The van der Waals surface area contributed by atoms with Gasteiger partial charge in [0.25, 0.3) is 5.56 Å². The number of anilines is 1. The highest BCUT2D eigenvalue weighted by Gasteiger charge is 2.49. The molecule has 0 radical (unpaired) electrons. The van der Waals surface area contributed by atoms with Crippen LogP contribution in [0.4, 0.5) is 14.5 Å². The Hall–Kier alpha value is -4.47. The molecular formula is C33H32F2N6O4. The number of terminal acetylenes is 1. The molecule has 0 spiro atoms. The Labute approximate surface area is 256 Å². The van der Waals surface area contributed by atoms with E-state index in [-0.39, 0.29) is 58.0 Å². The summed E-state index contributed by atoms with van der Waals surface area (Å²) in [5.74, 6) is 1.58. The van der Waals surface area contributed by atoms with Crippen LogP contribution in [0, 0.1) is 18.2 Å². The monoisotopic (exact) mass is 614 g/mol. The molecule has 2 bridgehead atoms. The molecule has 6 heterocycles. The van der Waals surface area contributed by atoms with E-state index in [1.165, 1.54) is 24.3 Å². The number of phenols is 1. The Bertz CT molecular complexity index is 2030. The van der Waals surface area contributed by atoms with Crippen molar-refractivity contribution in [2.45, 2.75) is 55.9 Å². The lowest BCUT2D eigenvalue weighted by Crippen LogP contribution is -2.51. The first-order chi connectivity index (χ1) is 21.7. The summed E-state index contributed by atoms with van der Waals surface area (Å²) < 4.78 is 36.4. The Morgan fingerprint density at radius 2 is 1.93 bits per heavy atom. The molecule has 0 aliphatic carbocycles. The average Bonchev–Trinajstić information content (AvgIpc) is 3.66. The number of hydrogen-bond donors (Lipinski definition) is 3. The number of pyridine rings is 1. The second-order valence-electron chi connectivity index (χ2n) is 12.8. The number of alkyl halides is 1. The van der Waals surface area contributed by atoms with Crippen LogP contribution in [0.5, 0.6) is 11.6 Å². The second-order valence-corrected chi connectivity index (χ2v) is 12.8. The third kappa shape index (κ3) is 4.48. The van der Waals surface area contributed by atoms with Crippen LogP contribution in [-0.4, -0.2) is 81.1 Å². The maximum Gasteiger partial charge on any atom is 0.333 e. The number of aromatic hydroxyl groups is 1. The molecule has 3 N–H and O–H groups in total. The zero-order valence-electron chi connectivity index (χ0n) is 24.5. The van der Waals surface area contributed by atoms with Crippen molar-refractivity contribution in [2.24, 2.45) is 0 Å². The summed E-state index contributed by atoms with van der Waals surface area (Å²) in [6.07, 6.45) is 8.94. The van der Waals surface area contributed by atoms with Gasteiger partial charge in [0, 0.05) is 55.7 Å². The molecule has 232 valence electrons.